The number of anilines is 1. The first-order valence-electron chi connectivity index (χ1n) is 8.07. The molecule has 0 bridgehead atoms. The predicted molar refractivity (Wildman–Crippen MR) is 104 cm³/mol. The topological polar surface area (TPSA) is 53.4 Å². The second kappa shape index (κ2) is 8.32. The molecule has 5 heteroatoms. The van der Waals surface area contributed by atoms with Crippen LogP contribution in [0.15, 0.2) is 79.0 Å². The number of phenolic OH excluding ortho intramolecular Hbond substituents is 1. The molecule has 1 N–H and O–H groups in total. The highest BCUT2D eigenvalue weighted by atomic mass is 35.5. The molecule has 26 heavy (non-hydrogen) atoms. The number of aromatic hydroxyl groups is 1. The van der Waals surface area contributed by atoms with E-state index in [-0.39, 0.29) is 18.2 Å². The molecular weight excluding hydrogens is 348 g/mol. The molecule has 3 aromatic rings. The summed E-state index contributed by atoms with van der Waals surface area (Å²) in [6.45, 7) is 0.240. The van der Waals surface area contributed by atoms with Gasteiger partial charge in [-0.25, -0.2) is 0 Å². The van der Waals surface area contributed by atoms with Crippen molar-refractivity contribution in [1.82, 2.24) is 4.98 Å². The van der Waals surface area contributed by atoms with Crippen LogP contribution in [0.2, 0.25) is 5.02 Å². The lowest BCUT2D eigenvalue weighted by atomic mass is 10.2. The van der Waals surface area contributed by atoms with Crippen LogP contribution < -0.4 is 4.90 Å². The molecule has 0 aliphatic heterocycles. The third kappa shape index (κ3) is 4.29. The van der Waals surface area contributed by atoms with E-state index < -0.39 is 0 Å². The smallest absolute Gasteiger partial charge is 0.251 e. The van der Waals surface area contributed by atoms with Gasteiger partial charge >= 0.3 is 0 Å². The van der Waals surface area contributed by atoms with Gasteiger partial charge in [0.25, 0.3) is 5.91 Å². The maximum Gasteiger partial charge on any atom is 0.251 e. The number of hydrogen-bond donors (Lipinski definition) is 1. The number of rotatable bonds is 5. The average molecular weight is 365 g/mol. The van der Waals surface area contributed by atoms with E-state index in [4.69, 9.17) is 11.6 Å². The van der Waals surface area contributed by atoms with Crippen LogP contribution in [-0.4, -0.2) is 16.0 Å². The highest BCUT2D eigenvalue weighted by molar-refractivity contribution is 6.32. The van der Waals surface area contributed by atoms with Gasteiger partial charge in [0.2, 0.25) is 0 Å². The van der Waals surface area contributed by atoms with Crippen molar-refractivity contribution in [2.45, 2.75) is 6.54 Å². The highest BCUT2D eigenvalue weighted by Gasteiger charge is 2.17. The normalized spacial score (nSPS) is 10.8. The molecule has 0 spiro atoms. The number of phenols is 1. The van der Waals surface area contributed by atoms with Crippen LogP contribution in [0.5, 0.6) is 5.75 Å². The summed E-state index contributed by atoms with van der Waals surface area (Å²) in [4.78, 5) is 18.6. The van der Waals surface area contributed by atoms with Gasteiger partial charge in [0.15, 0.2) is 0 Å². The lowest BCUT2D eigenvalue weighted by Crippen LogP contribution is -2.29. The molecule has 1 amide bonds. The number of carbonyl (C=O) groups is 1. The third-order valence-electron chi connectivity index (χ3n) is 3.80. The third-order valence-corrected chi connectivity index (χ3v) is 4.14. The van der Waals surface area contributed by atoms with Gasteiger partial charge in [-0.05, 0) is 42.0 Å². The first-order valence-corrected chi connectivity index (χ1v) is 8.45. The van der Waals surface area contributed by atoms with Crippen LogP contribution in [0.1, 0.15) is 11.3 Å². The zero-order valence-corrected chi connectivity index (χ0v) is 14.7. The predicted octanol–water partition coefficient (Wildman–Crippen LogP) is 4.69. The lowest BCUT2D eigenvalue weighted by Gasteiger charge is -2.22. The van der Waals surface area contributed by atoms with Crippen LogP contribution >= 0.6 is 11.6 Å². The number of hydrogen-bond acceptors (Lipinski definition) is 3. The van der Waals surface area contributed by atoms with E-state index >= 15 is 0 Å². The van der Waals surface area contributed by atoms with Crippen molar-refractivity contribution in [3.63, 3.8) is 0 Å². The van der Waals surface area contributed by atoms with E-state index in [1.807, 2.05) is 36.4 Å². The summed E-state index contributed by atoms with van der Waals surface area (Å²) in [7, 11) is 0. The Morgan fingerprint density at radius 2 is 1.77 bits per heavy atom. The van der Waals surface area contributed by atoms with Gasteiger partial charge < -0.3 is 5.11 Å². The van der Waals surface area contributed by atoms with Gasteiger partial charge in [0, 0.05) is 17.3 Å². The maximum atomic E-state index is 12.8. The number of para-hydroxylation sites is 2. The second-order valence-electron chi connectivity index (χ2n) is 5.59. The Bertz CT molecular complexity index is 926. The summed E-state index contributed by atoms with van der Waals surface area (Å²) in [5.74, 6) is -0.250. The maximum absolute atomic E-state index is 12.8. The van der Waals surface area contributed by atoms with Crippen LogP contribution in [-0.2, 0) is 11.3 Å². The summed E-state index contributed by atoms with van der Waals surface area (Å²) in [6.07, 6.45) is 4.77. The van der Waals surface area contributed by atoms with E-state index in [1.165, 1.54) is 11.0 Å². The minimum absolute atomic E-state index is 0.0305. The van der Waals surface area contributed by atoms with Gasteiger partial charge in [-0.2, -0.15) is 0 Å². The van der Waals surface area contributed by atoms with Crippen molar-refractivity contribution in [1.29, 1.82) is 0 Å². The Hall–Kier alpha value is -3.11. The molecule has 0 aliphatic carbocycles. The fraction of sp³-hybridized carbons (Fsp3) is 0.0476. The first-order chi connectivity index (χ1) is 12.6. The molecular formula is C21H17ClN2O2. The molecule has 130 valence electrons. The Kier molecular flexibility index (Phi) is 5.66. The van der Waals surface area contributed by atoms with Crippen molar-refractivity contribution < 1.29 is 9.90 Å². The molecule has 0 saturated carbocycles. The molecule has 0 fully saturated rings. The SMILES string of the molecule is O=C(/C=C/c1ccccc1Cl)N(Cc1ccccn1)c1ccccc1O. The minimum atomic E-state index is -0.280. The fourth-order valence-electron chi connectivity index (χ4n) is 2.49. The van der Waals surface area contributed by atoms with Gasteiger partial charge in [0.1, 0.15) is 5.75 Å². The van der Waals surface area contributed by atoms with E-state index in [0.717, 1.165) is 11.3 Å². The van der Waals surface area contributed by atoms with E-state index in [9.17, 15) is 9.90 Å². The van der Waals surface area contributed by atoms with E-state index in [1.54, 1.807) is 42.6 Å². The Labute approximate surface area is 157 Å². The number of pyridine rings is 1. The second-order valence-corrected chi connectivity index (χ2v) is 6.00. The number of amides is 1. The summed E-state index contributed by atoms with van der Waals surface area (Å²) < 4.78 is 0. The van der Waals surface area contributed by atoms with Crippen LogP contribution in [0.3, 0.4) is 0 Å². The minimum Gasteiger partial charge on any atom is -0.506 e. The number of aromatic nitrogens is 1. The van der Waals surface area contributed by atoms with Crippen LogP contribution in [0.4, 0.5) is 5.69 Å². The monoisotopic (exact) mass is 364 g/mol. The number of carbonyl (C=O) groups excluding carboxylic acids is 1. The Balaban J connectivity index is 1.91. The number of benzene rings is 2. The van der Waals surface area contributed by atoms with Crippen molar-refractivity contribution in [2.24, 2.45) is 0 Å². The van der Waals surface area contributed by atoms with Gasteiger partial charge in [-0.3, -0.25) is 14.7 Å². The van der Waals surface area contributed by atoms with Gasteiger partial charge in [-0.15, -0.1) is 0 Å². The zero-order chi connectivity index (χ0) is 18.4. The Morgan fingerprint density at radius 3 is 2.50 bits per heavy atom. The summed E-state index contributed by atoms with van der Waals surface area (Å²) in [5, 5.41) is 10.7. The van der Waals surface area contributed by atoms with Crippen molar-refractivity contribution in [3.8, 4) is 5.75 Å². The molecule has 4 nitrogen and oxygen atoms in total. The molecule has 1 heterocycles. The van der Waals surface area contributed by atoms with E-state index in [0.29, 0.717) is 10.7 Å². The standard InChI is InChI=1S/C21H17ClN2O2/c22-18-9-2-1-7-16(18)12-13-21(26)24(15-17-8-5-6-14-23-17)19-10-3-4-11-20(19)25/h1-14,25H,15H2/b13-12+. The number of nitrogens with zero attached hydrogens (tertiary/aromatic N) is 2. The summed E-state index contributed by atoms with van der Waals surface area (Å²) in [5.41, 5.74) is 1.89. The van der Waals surface area contributed by atoms with Crippen molar-refractivity contribution in [3.05, 3.63) is 95.3 Å². The first kappa shape index (κ1) is 17.7. The molecule has 1 aromatic heterocycles. The molecule has 0 unspecified atom stereocenters. The van der Waals surface area contributed by atoms with Crippen LogP contribution in [0.25, 0.3) is 6.08 Å². The van der Waals surface area contributed by atoms with Gasteiger partial charge in [-0.1, -0.05) is 48.0 Å². The average Bonchev–Trinajstić information content (AvgIpc) is 2.67. The molecule has 0 aliphatic rings. The quantitative estimate of drug-likeness (QED) is 0.668. The van der Waals surface area contributed by atoms with Gasteiger partial charge in [0.05, 0.1) is 17.9 Å². The number of halogens is 1. The van der Waals surface area contributed by atoms with Crippen molar-refractivity contribution >= 4 is 29.3 Å². The summed E-state index contributed by atoms with van der Waals surface area (Å²) >= 11 is 6.13. The molecule has 0 radical (unpaired) electrons. The molecule has 0 atom stereocenters. The molecule has 3 rings (SSSR count). The summed E-state index contributed by atoms with van der Waals surface area (Å²) in [6, 6.07) is 19.5. The fourth-order valence-corrected chi connectivity index (χ4v) is 2.69. The lowest BCUT2D eigenvalue weighted by molar-refractivity contribution is -0.114. The molecule has 0 saturated heterocycles. The Morgan fingerprint density at radius 1 is 1.04 bits per heavy atom. The molecule has 2 aromatic carbocycles. The zero-order valence-electron chi connectivity index (χ0n) is 13.9. The largest absolute Gasteiger partial charge is 0.506 e. The highest BCUT2D eigenvalue weighted by Crippen LogP contribution is 2.28. The van der Waals surface area contributed by atoms with E-state index in [2.05, 4.69) is 4.98 Å². The van der Waals surface area contributed by atoms with Crippen LogP contribution in [0, 0.1) is 0 Å². The van der Waals surface area contributed by atoms with Crippen molar-refractivity contribution in [2.75, 3.05) is 4.90 Å².